The van der Waals surface area contributed by atoms with Crippen LogP contribution in [0.5, 0.6) is 0 Å². The van der Waals surface area contributed by atoms with Gasteiger partial charge in [-0.05, 0) is 49.2 Å². The van der Waals surface area contributed by atoms with E-state index in [1.807, 2.05) is 29.2 Å². The lowest BCUT2D eigenvalue weighted by Crippen LogP contribution is -2.49. The lowest BCUT2D eigenvalue weighted by Gasteiger charge is -2.36. The van der Waals surface area contributed by atoms with Crippen molar-refractivity contribution in [2.75, 3.05) is 40.6 Å². The Morgan fingerprint density at radius 2 is 1.65 bits per heavy atom. The van der Waals surface area contributed by atoms with Gasteiger partial charge in [-0.1, -0.05) is 12.1 Å². The molecule has 0 radical (unpaired) electrons. The van der Waals surface area contributed by atoms with Crippen molar-refractivity contribution in [3.05, 3.63) is 54.1 Å². The van der Waals surface area contributed by atoms with Gasteiger partial charge >= 0.3 is 10.2 Å². The van der Waals surface area contributed by atoms with Crippen molar-refractivity contribution in [1.82, 2.24) is 4.90 Å². The zero-order valence-corrected chi connectivity index (χ0v) is 18.0. The van der Waals surface area contributed by atoms with Crippen molar-refractivity contribution in [2.45, 2.75) is 18.9 Å². The molecule has 10 heteroatoms. The summed E-state index contributed by atoms with van der Waals surface area (Å²) in [5, 5.41) is 2.81. The summed E-state index contributed by atoms with van der Waals surface area (Å²) in [5.74, 6) is -0.682. The number of nitrogens with zero attached hydrogens (tertiary/aromatic N) is 3. The molecule has 0 bridgehead atoms. The number of primary amides is 1. The third-order valence-electron chi connectivity index (χ3n) is 5.76. The fraction of sp³-hybridized carbons (Fsp3) is 0.333. The van der Waals surface area contributed by atoms with Crippen molar-refractivity contribution < 1.29 is 18.0 Å². The SMILES string of the molecule is CN1c2ccccc2N(C2CCN(CC(=O)Nc3ccc(C(N)=O)cc3)CC2)S1(=O)=O. The molecular formula is C21H25N5O4S. The monoisotopic (exact) mass is 443 g/mol. The van der Waals surface area contributed by atoms with Crippen molar-refractivity contribution in [3.63, 3.8) is 0 Å². The van der Waals surface area contributed by atoms with Gasteiger partial charge in [0.15, 0.2) is 0 Å². The number of hydrogen-bond acceptors (Lipinski definition) is 5. The predicted molar refractivity (Wildman–Crippen MR) is 119 cm³/mol. The minimum absolute atomic E-state index is 0.142. The van der Waals surface area contributed by atoms with Gasteiger partial charge < -0.3 is 11.1 Å². The Hall–Kier alpha value is -3.11. The molecule has 1 fully saturated rings. The third-order valence-corrected chi connectivity index (χ3v) is 7.64. The summed E-state index contributed by atoms with van der Waals surface area (Å²) >= 11 is 0. The molecule has 0 aromatic heterocycles. The second-order valence-corrected chi connectivity index (χ2v) is 9.59. The molecule has 2 aromatic rings. The molecule has 0 aliphatic carbocycles. The van der Waals surface area contributed by atoms with Crippen molar-refractivity contribution >= 4 is 39.1 Å². The van der Waals surface area contributed by atoms with Crippen LogP contribution in [0, 0.1) is 0 Å². The molecule has 2 heterocycles. The molecule has 0 unspecified atom stereocenters. The Morgan fingerprint density at radius 3 is 2.26 bits per heavy atom. The van der Waals surface area contributed by atoms with Crippen LogP contribution in [0.2, 0.25) is 0 Å². The van der Waals surface area contributed by atoms with Crippen LogP contribution in [0.3, 0.4) is 0 Å². The maximum absolute atomic E-state index is 12.9. The summed E-state index contributed by atoms with van der Waals surface area (Å²) in [6, 6.07) is 13.6. The molecule has 0 atom stereocenters. The molecule has 1 saturated heterocycles. The van der Waals surface area contributed by atoms with Gasteiger partial charge in [0, 0.05) is 37.4 Å². The van der Waals surface area contributed by atoms with Gasteiger partial charge in [0.05, 0.1) is 17.9 Å². The molecule has 2 aromatic carbocycles. The summed E-state index contributed by atoms with van der Waals surface area (Å²) in [6.07, 6.45) is 1.28. The van der Waals surface area contributed by atoms with E-state index >= 15 is 0 Å². The summed E-state index contributed by atoms with van der Waals surface area (Å²) in [5.41, 5.74) is 7.58. The van der Waals surface area contributed by atoms with Crippen molar-refractivity contribution in [1.29, 1.82) is 0 Å². The molecule has 2 amide bonds. The summed E-state index contributed by atoms with van der Waals surface area (Å²) in [6.45, 7) is 1.46. The molecular weight excluding hydrogens is 418 g/mol. The van der Waals surface area contributed by atoms with Crippen molar-refractivity contribution in [2.24, 2.45) is 5.73 Å². The predicted octanol–water partition coefficient (Wildman–Crippen LogP) is 1.39. The molecule has 9 nitrogen and oxygen atoms in total. The van der Waals surface area contributed by atoms with E-state index in [0.717, 1.165) is 0 Å². The fourth-order valence-electron chi connectivity index (χ4n) is 4.12. The quantitative estimate of drug-likeness (QED) is 0.724. The first-order chi connectivity index (χ1) is 14.8. The Kier molecular flexibility index (Phi) is 5.59. The van der Waals surface area contributed by atoms with E-state index in [-0.39, 0.29) is 18.5 Å². The van der Waals surface area contributed by atoms with Crippen LogP contribution in [0.1, 0.15) is 23.2 Å². The second kappa shape index (κ2) is 8.20. The number of carbonyl (C=O) groups is 2. The molecule has 2 aliphatic heterocycles. The molecule has 164 valence electrons. The van der Waals surface area contributed by atoms with Gasteiger partial charge in [-0.15, -0.1) is 0 Å². The summed E-state index contributed by atoms with van der Waals surface area (Å²) < 4.78 is 28.7. The topological polar surface area (TPSA) is 116 Å². The number of amides is 2. The number of fused-ring (bicyclic) bond motifs is 1. The van der Waals surface area contributed by atoms with Crippen LogP contribution < -0.4 is 19.7 Å². The maximum Gasteiger partial charge on any atom is 0.326 e. The van der Waals surface area contributed by atoms with Gasteiger partial charge in [-0.25, -0.2) is 4.31 Å². The summed E-state index contributed by atoms with van der Waals surface area (Å²) in [4.78, 5) is 25.5. The Labute approximate surface area is 181 Å². The normalized spacial score (nSPS) is 18.6. The number of piperidine rings is 1. The van der Waals surface area contributed by atoms with Crippen LogP contribution in [-0.2, 0) is 15.0 Å². The van der Waals surface area contributed by atoms with E-state index < -0.39 is 16.1 Å². The zero-order chi connectivity index (χ0) is 22.2. The lowest BCUT2D eigenvalue weighted by atomic mass is 10.0. The minimum Gasteiger partial charge on any atom is -0.366 e. The first-order valence-corrected chi connectivity index (χ1v) is 11.5. The van der Waals surface area contributed by atoms with E-state index in [0.29, 0.717) is 48.6 Å². The standard InChI is InChI=1S/C21H25N5O4S/c1-24-18-4-2-3-5-19(18)26(31(24,29)30)17-10-12-25(13-11-17)14-20(27)23-16-8-6-15(7-9-16)21(22)28/h2-9,17H,10-14H2,1H3,(H2,22,28)(H,23,27). The third kappa shape index (κ3) is 4.08. The van der Waals surface area contributed by atoms with E-state index in [1.54, 1.807) is 31.3 Å². The molecule has 31 heavy (non-hydrogen) atoms. The van der Waals surface area contributed by atoms with Crippen LogP contribution >= 0.6 is 0 Å². The average Bonchev–Trinajstić information content (AvgIpc) is 2.95. The number of anilines is 3. The molecule has 3 N–H and O–H groups in total. The maximum atomic E-state index is 12.9. The number of para-hydroxylation sites is 2. The smallest absolute Gasteiger partial charge is 0.326 e. The number of hydrogen-bond donors (Lipinski definition) is 2. The van der Waals surface area contributed by atoms with Crippen LogP contribution in [-0.4, -0.2) is 57.9 Å². The zero-order valence-electron chi connectivity index (χ0n) is 17.2. The molecule has 0 spiro atoms. The number of nitrogens with two attached hydrogens (primary N) is 1. The van der Waals surface area contributed by atoms with E-state index in [1.165, 1.54) is 8.61 Å². The largest absolute Gasteiger partial charge is 0.366 e. The highest BCUT2D eigenvalue weighted by Crippen LogP contribution is 2.42. The summed E-state index contributed by atoms with van der Waals surface area (Å²) in [7, 11) is -2.01. The van der Waals surface area contributed by atoms with Gasteiger partial charge in [0.25, 0.3) is 0 Å². The van der Waals surface area contributed by atoms with E-state index in [4.69, 9.17) is 5.73 Å². The first kappa shape index (κ1) is 21.1. The molecule has 4 rings (SSSR count). The van der Waals surface area contributed by atoms with E-state index in [9.17, 15) is 18.0 Å². The van der Waals surface area contributed by atoms with Gasteiger partial charge in [-0.3, -0.25) is 18.8 Å². The lowest BCUT2D eigenvalue weighted by molar-refractivity contribution is -0.117. The highest BCUT2D eigenvalue weighted by atomic mass is 32.2. The van der Waals surface area contributed by atoms with Crippen LogP contribution in [0.15, 0.2) is 48.5 Å². The average molecular weight is 444 g/mol. The Balaban J connectivity index is 1.35. The number of nitrogens with one attached hydrogen (secondary N) is 1. The number of likely N-dealkylation sites (tertiary alicyclic amines) is 1. The van der Waals surface area contributed by atoms with Crippen LogP contribution in [0.4, 0.5) is 17.1 Å². The number of carbonyl (C=O) groups excluding carboxylic acids is 2. The Bertz CT molecular complexity index is 1100. The van der Waals surface area contributed by atoms with Gasteiger partial charge in [0.2, 0.25) is 11.8 Å². The van der Waals surface area contributed by atoms with Crippen LogP contribution in [0.25, 0.3) is 0 Å². The molecule has 0 saturated carbocycles. The number of benzene rings is 2. The molecule has 2 aliphatic rings. The second-order valence-electron chi connectivity index (χ2n) is 7.76. The van der Waals surface area contributed by atoms with Crippen molar-refractivity contribution in [3.8, 4) is 0 Å². The highest BCUT2D eigenvalue weighted by molar-refractivity contribution is 7.94. The van der Waals surface area contributed by atoms with E-state index in [2.05, 4.69) is 5.32 Å². The number of rotatable bonds is 5. The van der Waals surface area contributed by atoms with Gasteiger partial charge in [0.1, 0.15) is 0 Å². The minimum atomic E-state index is -3.58. The first-order valence-electron chi connectivity index (χ1n) is 10.1. The Morgan fingerprint density at radius 1 is 1.03 bits per heavy atom. The highest BCUT2D eigenvalue weighted by Gasteiger charge is 2.42. The van der Waals surface area contributed by atoms with Gasteiger partial charge in [-0.2, -0.15) is 8.42 Å². The fourth-order valence-corrected chi connectivity index (χ4v) is 5.77.